The average Bonchev–Trinajstić information content (AvgIpc) is 3.05. The van der Waals surface area contributed by atoms with E-state index >= 15 is 0 Å². The number of esters is 1. The van der Waals surface area contributed by atoms with Crippen LogP contribution < -0.4 is 11.1 Å². The maximum Gasteiger partial charge on any atom is 0.415 e. The highest BCUT2D eigenvalue weighted by Crippen LogP contribution is 2.26. The third-order valence-electron chi connectivity index (χ3n) is 7.97. The van der Waals surface area contributed by atoms with E-state index in [1.54, 1.807) is 0 Å². The van der Waals surface area contributed by atoms with Crippen LogP contribution in [0, 0.1) is 11.8 Å². The first-order valence-corrected chi connectivity index (χ1v) is 16.1. The highest BCUT2D eigenvalue weighted by molar-refractivity contribution is 6.30. The molecule has 1 unspecified atom stereocenters. The molecular formula is C36H42ClN5O5. The number of benzene rings is 3. The Hall–Kier alpha value is -4.40. The number of carbonyl (C=O) groups is 3. The van der Waals surface area contributed by atoms with Gasteiger partial charge in [-0.05, 0) is 53.4 Å². The number of rotatable bonds is 13. The minimum Gasteiger partial charge on any atom is -0.466 e. The Balaban J connectivity index is 1.28. The van der Waals surface area contributed by atoms with Gasteiger partial charge in [0.25, 0.3) is 0 Å². The first-order chi connectivity index (χ1) is 22.7. The van der Waals surface area contributed by atoms with Gasteiger partial charge in [-0.2, -0.15) is 0 Å². The van der Waals surface area contributed by atoms with Gasteiger partial charge in [-0.1, -0.05) is 72.0 Å². The highest BCUT2D eigenvalue weighted by atomic mass is 35.5. The van der Waals surface area contributed by atoms with E-state index in [0.29, 0.717) is 18.1 Å². The Labute approximate surface area is 281 Å². The second-order valence-corrected chi connectivity index (χ2v) is 11.8. The Morgan fingerprint density at radius 1 is 1.00 bits per heavy atom. The van der Waals surface area contributed by atoms with E-state index in [9.17, 15) is 14.4 Å². The Morgan fingerprint density at radius 2 is 1.68 bits per heavy atom. The van der Waals surface area contributed by atoms with E-state index in [1.165, 1.54) is 11.1 Å². The number of imide groups is 1. The molecule has 4 rings (SSSR count). The Morgan fingerprint density at radius 3 is 2.34 bits per heavy atom. The number of urea groups is 1. The fourth-order valence-electron chi connectivity index (χ4n) is 5.47. The number of carboxylic acid groups (broad SMARTS) is 1. The van der Waals surface area contributed by atoms with Gasteiger partial charge in [-0.25, -0.2) is 14.5 Å². The van der Waals surface area contributed by atoms with Gasteiger partial charge in [0.2, 0.25) is 0 Å². The summed E-state index contributed by atoms with van der Waals surface area (Å²) in [5, 5.41) is 13.3. The molecule has 0 radical (unpaired) electrons. The predicted molar refractivity (Wildman–Crippen MR) is 183 cm³/mol. The summed E-state index contributed by atoms with van der Waals surface area (Å²) in [6.07, 6.45) is -0.934. The molecule has 3 aromatic rings. The van der Waals surface area contributed by atoms with Crippen molar-refractivity contribution in [3.8, 4) is 23.0 Å². The summed E-state index contributed by atoms with van der Waals surface area (Å²) in [5.41, 5.74) is 10.5. The molecule has 3 aromatic carbocycles. The van der Waals surface area contributed by atoms with Crippen LogP contribution in [0.2, 0.25) is 5.02 Å². The standard InChI is InChI=1S/C36H42ClN5O5/c1-2-47-34(43)23-32(39-24-28-12-10-27(11-13-28)7-5-6-18-42(35(38)44)36(45)46)26-41-21-19-40(20-22-41)25-30-8-3-4-9-33(30)29-14-16-31(37)17-15-29/h3-4,8-17,32,39H,2,6,18-26H2,1H3,(H2,38,44)(H,45,46). The van der Waals surface area contributed by atoms with E-state index in [0.717, 1.165) is 61.0 Å². The quantitative estimate of drug-likeness (QED) is 0.172. The molecule has 3 amide bonds. The van der Waals surface area contributed by atoms with Crippen molar-refractivity contribution < 1.29 is 24.2 Å². The SMILES string of the molecule is CCOC(=O)CC(CN1CCN(Cc2ccccc2-c2ccc(Cl)cc2)CC1)NCc1ccc(C#CCCN(C(N)=O)C(=O)O)cc1. The number of amides is 3. The van der Waals surface area contributed by atoms with Crippen LogP contribution in [-0.4, -0.2) is 89.8 Å². The van der Waals surface area contributed by atoms with Crippen LogP contribution in [0.4, 0.5) is 9.59 Å². The molecule has 47 heavy (non-hydrogen) atoms. The minimum absolute atomic E-state index is 0.0758. The molecular weight excluding hydrogens is 618 g/mol. The van der Waals surface area contributed by atoms with Gasteiger partial charge in [0.1, 0.15) is 0 Å². The maximum atomic E-state index is 12.4. The Bertz CT molecular complexity index is 1530. The summed E-state index contributed by atoms with van der Waals surface area (Å²) in [7, 11) is 0. The first kappa shape index (κ1) is 35.5. The zero-order chi connectivity index (χ0) is 33.6. The summed E-state index contributed by atoms with van der Waals surface area (Å²) in [6, 6.07) is 23.1. The number of ether oxygens (including phenoxy) is 1. The van der Waals surface area contributed by atoms with Gasteiger partial charge in [0.05, 0.1) is 13.0 Å². The zero-order valence-electron chi connectivity index (χ0n) is 26.7. The third-order valence-corrected chi connectivity index (χ3v) is 8.22. The molecule has 1 saturated heterocycles. The molecule has 248 valence electrons. The fourth-order valence-corrected chi connectivity index (χ4v) is 5.60. The van der Waals surface area contributed by atoms with Crippen molar-refractivity contribution in [3.63, 3.8) is 0 Å². The number of hydrogen-bond acceptors (Lipinski definition) is 7. The van der Waals surface area contributed by atoms with Crippen molar-refractivity contribution in [2.45, 2.75) is 38.9 Å². The van der Waals surface area contributed by atoms with Crippen molar-refractivity contribution in [1.29, 1.82) is 0 Å². The van der Waals surface area contributed by atoms with Crippen molar-refractivity contribution >= 4 is 29.7 Å². The van der Waals surface area contributed by atoms with Crippen molar-refractivity contribution in [3.05, 3.63) is 94.5 Å². The van der Waals surface area contributed by atoms with Crippen molar-refractivity contribution in [1.82, 2.24) is 20.0 Å². The smallest absolute Gasteiger partial charge is 0.415 e. The average molecular weight is 660 g/mol. The zero-order valence-corrected chi connectivity index (χ0v) is 27.4. The molecule has 1 atom stereocenters. The third kappa shape index (κ3) is 11.4. The number of nitrogens with one attached hydrogen (secondary N) is 1. The van der Waals surface area contributed by atoms with E-state index in [1.807, 2.05) is 43.3 Å². The molecule has 1 heterocycles. The van der Waals surface area contributed by atoms with Gasteiger partial charge in [-0.15, -0.1) is 0 Å². The normalized spacial score (nSPS) is 14.1. The molecule has 10 nitrogen and oxygen atoms in total. The van der Waals surface area contributed by atoms with E-state index in [2.05, 4.69) is 63.4 Å². The second kappa shape index (κ2) is 18.1. The van der Waals surface area contributed by atoms with Crippen LogP contribution in [0.5, 0.6) is 0 Å². The Kier molecular flexibility index (Phi) is 13.6. The lowest BCUT2D eigenvalue weighted by Crippen LogP contribution is -2.50. The van der Waals surface area contributed by atoms with Crippen LogP contribution in [0.3, 0.4) is 0 Å². The summed E-state index contributed by atoms with van der Waals surface area (Å²) in [6.45, 7) is 7.92. The van der Waals surface area contributed by atoms with E-state index in [4.69, 9.17) is 27.2 Å². The van der Waals surface area contributed by atoms with Gasteiger partial charge in [0, 0.05) is 75.4 Å². The number of halogens is 1. The number of hydrogen-bond donors (Lipinski definition) is 3. The van der Waals surface area contributed by atoms with Gasteiger partial charge >= 0.3 is 18.1 Å². The molecule has 1 fully saturated rings. The van der Waals surface area contributed by atoms with Crippen LogP contribution in [-0.2, 0) is 22.6 Å². The van der Waals surface area contributed by atoms with Crippen LogP contribution in [0.25, 0.3) is 11.1 Å². The van der Waals surface area contributed by atoms with E-state index < -0.39 is 12.1 Å². The predicted octanol–water partition coefficient (Wildman–Crippen LogP) is 5.04. The van der Waals surface area contributed by atoms with Crippen LogP contribution >= 0.6 is 11.6 Å². The largest absolute Gasteiger partial charge is 0.466 e. The molecule has 0 aliphatic carbocycles. The lowest BCUT2D eigenvalue weighted by molar-refractivity contribution is -0.143. The lowest BCUT2D eigenvalue weighted by atomic mass is 9.99. The van der Waals surface area contributed by atoms with Gasteiger partial charge in [0.15, 0.2) is 0 Å². The minimum atomic E-state index is -1.40. The summed E-state index contributed by atoms with van der Waals surface area (Å²) >= 11 is 6.11. The van der Waals surface area contributed by atoms with Crippen LogP contribution in [0.1, 0.15) is 36.5 Å². The second-order valence-electron chi connectivity index (χ2n) is 11.3. The monoisotopic (exact) mass is 659 g/mol. The van der Waals surface area contributed by atoms with Gasteiger partial charge < -0.3 is 20.9 Å². The molecule has 0 aromatic heterocycles. The number of nitrogens with zero attached hydrogens (tertiary/aromatic N) is 3. The lowest BCUT2D eigenvalue weighted by Gasteiger charge is -2.36. The molecule has 0 spiro atoms. The number of carbonyl (C=O) groups excluding carboxylic acids is 2. The van der Waals surface area contributed by atoms with Gasteiger partial charge in [-0.3, -0.25) is 14.6 Å². The maximum absolute atomic E-state index is 12.4. The number of nitrogens with two attached hydrogens (primary N) is 1. The topological polar surface area (TPSA) is 128 Å². The summed E-state index contributed by atoms with van der Waals surface area (Å²) in [4.78, 5) is 40.0. The van der Waals surface area contributed by atoms with Crippen molar-refractivity contribution in [2.75, 3.05) is 45.9 Å². The molecule has 0 saturated carbocycles. The fraction of sp³-hybridized carbons (Fsp3) is 0.361. The highest BCUT2D eigenvalue weighted by Gasteiger charge is 2.23. The summed E-state index contributed by atoms with van der Waals surface area (Å²) in [5.74, 6) is 5.64. The molecule has 4 N–H and O–H groups in total. The molecule has 11 heteroatoms. The number of piperazine rings is 1. The van der Waals surface area contributed by atoms with E-state index in [-0.39, 0.29) is 31.4 Å². The summed E-state index contributed by atoms with van der Waals surface area (Å²) < 4.78 is 5.27. The molecule has 1 aliphatic heterocycles. The van der Waals surface area contributed by atoms with Crippen LogP contribution in [0.15, 0.2) is 72.8 Å². The first-order valence-electron chi connectivity index (χ1n) is 15.8. The molecule has 0 bridgehead atoms. The van der Waals surface area contributed by atoms with Crippen molar-refractivity contribution in [2.24, 2.45) is 5.73 Å². The molecule has 1 aliphatic rings. The number of primary amides is 1.